The van der Waals surface area contributed by atoms with Gasteiger partial charge >= 0.3 is 0 Å². The number of hydrogen-bond acceptors (Lipinski definition) is 7. The quantitative estimate of drug-likeness (QED) is 0.649. The fourth-order valence-electron chi connectivity index (χ4n) is 4.83. The van der Waals surface area contributed by atoms with E-state index in [-0.39, 0.29) is 16.7 Å². The molecule has 0 bridgehead atoms. The Kier molecular flexibility index (Phi) is 7.40. The zero-order valence-electron chi connectivity index (χ0n) is 20.3. The molecule has 4 rings (SSSR count). The predicted molar refractivity (Wildman–Crippen MR) is 139 cm³/mol. The van der Waals surface area contributed by atoms with Crippen molar-refractivity contribution < 1.29 is 4.79 Å². The first-order valence-corrected chi connectivity index (χ1v) is 12.2. The number of carbonyl (C=O) groups is 1. The summed E-state index contributed by atoms with van der Waals surface area (Å²) in [6, 6.07) is 6.84. The molecule has 3 N–H and O–H groups in total. The average Bonchev–Trinajstić information content (AvgIpc) is 2.79. The number of anilines is 3. The van der Waals surface area contributed by atoms with Crippen molar-refractivity contribution in [3.63, 3.8) is 0 Å². The van der Waals surface area contributed by atoms with Crippen LogP contribution in [0.5, 0.6) is 0 Å². The number of piperazine rings is 1. The van der Waals surface area contributed by atoms with Crippen molar-refractivity contribution in [3.8, 4) is 0 Å². The molecule has 1 amide bonds. The number of amides is 1. The van der Waals surface area contributed by atoms with E-state index in [1.54, 1.807) is 6.92 Å². The summed E-state index contributed by atoms with van der Waals surface area (Å²) in [6.45, 7) is 14.5. The van der Waals surface area contributed by atoms with Crippen molar-refractivity contribution in [2.24, 2.45) is 5.73 Å². The number of benzene rings is 1. The van der Waals surface area contributed by atoms with Crippen molar-refractivity contribution in [2.45, 2.75) is 32.7 Å². The fraction of sp³-hybridized carbons (Fsp3) is 0.480. The first-order valence-electron chi connectivity index (χ1n) is 11.8. The van der Waals surface area contributed by atoms with Crippen LogP contribution in [0.15, 0.2) is 24.8 Å². The number of rotatable bonds is 6. The second kappa shape index (κ2) is 10.3. The van der Waals surface area contributed by atoms with E-state index in [0.717, 1.165) is 37.4 Å². The minimum Gasteiger partial charge on any atom is -0.371 e. The Morgan fingerprint density at radius 3 is 2.38 bits per heavy atom. The van der Waals surface area contributed by atoms with Crippen molar-refractivity contribution >= 4 is 40.3 Å². The van der Waals surface area contributed by atoms with Gasteiger partial charge in [0.05, 0.1) is 0 Å². The summed E-state index contributed by atoms with van der Waals surface area (Å²) in [6.07, 6.45) is 2.38. The summed E-state index contributed by atoms with van der Waals surface area (Å²) < 4.78 is 0. The van der Waals surface area contributed by atoms with Crippen molar-refractivity contribution in [1.82, 2.24) is 19.8 Å². The molecule has 0 spiro atoms. The highest BCUT2D eigenvalue weighted by atomic mass is 35.5. The molecule has 182 valence electrons. The monoisotopic (exact) mass is 483 g/mol. The molecule has 3 heterocycles. The second-order valence-corrected chi connectivity index (χ2v) is 9.75. The van der Waals surface area contributed by atoms with Crippen molar-refractivity contribution in [1.29, 1.82) is 0 Å². The molecule has 8 nitrogen and oxygen atoms in total. The third-order valence-corrected chi connectivity index (χ3v) is 7.07. The van der Waals surface area contributed by atoms with Crippen molar-refractivity contribution in [3.05, 3.63) is 46.9 Å². The topological polar surface area (TPSA) is 90.6 Å². The van der Waals surface area contributed by atoms with Crippen LogP contribution in [-0.4, -0.2) is 78.0 Å². The summed E-state index contributed by atoms with van der Waals surface area (Å²) in [7, 11) is 2.20. The summed E-state index contributed by atoms with van der Waals surface area (Å²) in [5.74, 6) is -0.437. The van der Waals surface area contributed by atoms with Crippen LogP contribution in [0.1, 0.15) is 41.5 Å². The minimum atomic E-state index is -0.675. The molecule has 34 heavy (non-hydrogen) atoms. The van der Waals surface area contributed by atoms with Crippen LogP contribution in [0.4, 0.5) is 17.2 Å². The van der Waals surface area contributed by atoms with Gasteiger partial charge < -0.3 is 20.9 Å². The molecule has 9 heteroatoms. The van der Waals surface area contributed by atoms with Gasteiger partial charge in [0.2, 0.25) is 0 Å². The van der Waals surface area contributed by atoms with Gasteiger partial charge in [-0.2, -0.15) is 0 Å². The summed E-state index contributed by atoms with van der Waals surface area (Å²) >= 11 is 6.26. The van der Waals surface area contributed by atoms with Crippen LogP contribution in [-0.2, 0) is 0 Å². The highest BCUT2D eigenvalue weighted by molar-refractivity contribution is 6.31. The molecule has 2 aliphatic rings. The van der Waals surface area contributed by atoms with Gasteiger partial charge in [0.25, 0.3) is 5.91 Å². The maximum absolute atomic E-state index is 12.0. The second-order valence-electron chi connectivity index (χ2n) is 9.39. The molecule has 0 saturated carbocycles. The molecule has 2 aromatic rings. The molecular weight excluding hydrogens is 450 g/mol. The van der Waals surface area contributed by atoms with E-state index < -0.39 is 5.91 Å². The van der Waals surface area contributed by atoms with E-state index in [0.29, 0.717) is 17.3 Å². The Bertz CT molecular complexity index is 1070. The summed E-state index contributed by atoms with van der Waals surface area (Å²) in [4.78, 5) is 28.1. The number of nitrogens with one attached hydrogen (secondary N) is 1. The van der Waals surface area contributed by atoms with Gasteiger partial charge in [-0.15, -0.1) is 0 Å². The third-order valence-electron chi connectivity index (χ3n) is 6.81. The van der Waals surface area contributed by atoms with Crippen LogP contribution in [0.2, 0.25) is 5.15 Å². The molecular formula is C25H34ClN7O. The third kappa shape index (κ3) is 5.35. The lowest BCUT2D eigenvalue weighted by Gasteiger charge is -2.43. The molecule has 0 aliphatic carbocycles. The zero-order valence-corrected chi connectivity index (χ0v) is 21.0. The number of aromatic nitrogens is 2. The summed E-state index contributed by atoms with van der Waals surface area (Å²) in [5, 5.41) is 3.35. The number of primary amides is 1. The van der Waals surface area contributed by atoms with E-state index in [1.165, 1.54) is 31.6 Å². The molecule has 2 aliphatic heterocycles. The highest BCUT2D eigenvalue weighted by Crippen LogP contribution is 2.30. The smallest absolute Gasteiger partial charge is 0.271 e. The highest BCUT2D eigenvalue weighted by Gasteiger charge is 2.27. The number of nitrogens with zero attached hydrogens (tertiary/aromatic N) is 5. The van der Waals surface area contributed by atoms with Crippen LogP contribution in [0.3, 0.4) is 0 Å². The largest absolute Gasteiger partial charge is 0.371 e. The average molecular weight is 484 g/mol. The molecule has 2 fully saturated rings. The number of nitrogens with two attached hydrogens (primary N) is 1. The standard InChI is InChI=1S/C25H34ClN7O/c1-16(2)21-23(26)30-25(22(29-21)24(27)34)28-18-5-6-20(17(3)15-18)33-9-7-19(8-10-33)32-13-11-31(4)12-14-32/h5-6,15,19H,1,7-14H2,2-4H3,(H2,27,34)(H,28,30). The van der Waals surface area contributed by atoms with Gasteiger partial charge in [0.15, 0.2) is 16.7 Å². The number of piperidine rings is 1. The maximum atomic E-state index is 12.0. The summed E-state index contributed by atoms with van der Waals surface area (Å²) in [5.41, 5.74) is 9.75. The van der Waals surface area contributed by atoms with Gasteiger partial charge in [-0.25, -0.2) is 9.97 Å². The van der Waals surface area contributed by atoms with Gasteiger partial charge in [-0.1, -0.05) is 18.2 Å². The van der Waals surface area contributed by atoms with Crippen LogP contribution < -0.4 is 16.0 Å². The number of likely N-dealkylation sites (N-methyl/N-ethyl adjacent to an activating group) is 1. The van der Waals surface area contributed by atoms with E-state index in [9.17, 15) is 4.79 Å². The Labute approximate surface area is 206 Å². The lowest BCUT2D eigenvalue weighted by molar-refractivity contribution is 0.0982. The number of aryl methyl sites for hydroxylation is 1. The zero-order chi connectivity index (χ0) is 24.4. The first kappa shape index (κ1) is 24.4. The number of allylic oxidation sites excluding steroid dienone is 1. The number of halogens is 1. The number of carbonyl (C=O) groups excluding carboxylic acids is 1. The van der Waals surface area contributed by atoms with E-state index in [1.807, 2.05) is 6.07 Å². The molecule has 0 unspecified atom stereocenters. The van der Waals surface area contributed by atoms with Gasteiger partial charge in [0, 0.05) is 56.7 Å². The Morgan fingerprint density at radius 1 is 1.12 bits per heavy atom. The van der Waals surface area contributed by atoms with Gasteiger partial charge in [-0.3, -0.25) is 9.69 Å². The lowest BCUT2D eigenvalue weighted by Crippen LogP contribution is -2.52. The number of hydrogen-bond donors (Lipinski definition) is 2. The maximum Gasteiger partial charge on any atom is 0.271 e. The first-order chi connectivity index (χ1) is 16.2. The van der Waals surface area contributed by atoms with E-state index in [2.05, 4.69) is 62.7 Å². The van der Waals surface area contributed by atoms with Crippen LogP contribution in [0, 0.1) is 6.92 Å². The Balaban J connectivity index is 1.45. The Morgan fingerprint density at radius 2 is 1.79 bits per heavy atom. The van der Waals surface area contributed by atoms with Gasteiger partial charge in [-0.05, 0) is 63.1 Å². The predicted octanol–water partition coefficient (Wildman–Crippen LogP) is 3.53. The molecule has 1 aromatic carbocycles. The van der Waals surface area contributed by atoms with Crippen LogP contribution >= 0.6 is 11.6 Å². The molecule has 1 aromatic heterocycles. The Hall–Kier alpha value is -2.68. The van der Waals surface area contributed by atoms with Gasteiger partial charge in [0.1, 0.15) is 5.69 Å². The van der Waals surface area contributed by atoms with E-state index in [4.69, 9.17) is 17.3 Å². The molecule has 2 saturated heterocycles. The van der Waals surface area contributed by atoms with Crippen LogP contribution in [0.25, 0.3) is 5.57 Å². The fourth-order valence-corrected chi connectivity index (χ4v) is 5.12. The SMILES string of the molecule is C=C(C)c1nc(C(N)=O)c(Nc2ccc(N3CCC(N4CCN(C)CC4)CC3)c(C)c2)nc1Cl. The van der Waals surface area contributed by atoms with Crippen molar-refractivity contribution in [2.75, 3.05) is 56.5 Å². The van der Waals surface area contributed by atoms with E-state index >= 15 is 0 Å². The molecule has 0 atom stereocenters. The minimum absolute atomic E-state index is 0.0371. The normalized spacial score (nSPS) is 18.2. The molecule has 0 radical (unpaired) electrons. The lowest BCUT2D eigenvalue weighted by atomic mass is 10.0.